The van der Waals surface area contributed by atoms with Crippen molar-refractivity contribution in [1.82, 2.24) is 15.0 Å². The van der Waals surface area contributed by atoms with Crippen LogP contribution in [0.4, 0.5) is 0 Å². The zero-order valence-corrected chi connectivity index (χ0v) is 14.9. The van der Waals surface area contributed by atoms with Crippen molar-refractivity contribution in [3.63, 3.8) is 0 Å². The quantitative estimate of drug-likeness (QED) is 0.846. The molecule has 1 aromatic carbocycles. The minimum atomic E-state index is -0.0935. The van der Waals surface area contributed by atoms with Gasteiger partial charge in [0, 0.05) is 11.5 Å². The first kappa shape index (κ1) is 16.2. The smallest absolute Gasteiger partial charge is 0.232 e. The van der Waals surface area contributed by atoms with Crippen LogP contribution in [0.5, 0.6) is 0 Å². The number of hydrogen-bond donors (Lipinski definition) is 0. The third-order valence-electron chi connectivity index (χ3n) is 4.73. The highest BCUT2D eigenvalue weighted by atomic mass is 16.5. The van der Waals surface area contributed by atoms with E-state index in [2.05, 4.69) is 67.9 Å². The molecule has 4 heteroatoms. The maximum Gasteiger partial charge on any atom is 0.232 e. The van der Waals surface area contributed by atoms with Gasteiger partial charge in [-0.25, -0.2) is 0 Å². The predicted molar refractivity (Wildman–Crippen MR) is 91.3 cm³/mol. The van der Waals surface area contributed by atoms with Gasteiger partial charge in [-0.1, -0.05) is 44.1 Å². The molecule has 0 unspecified atom stereocenters. The summed E-state index contributed by atoms with van der Waals surface area (Å²) in [6.45, 7) is 12.5. The second-order valence-corrected chi connectivity index (χ2v) is 7.74. The second-order valence-electron chi connectivity index (χ2n) is 7.74. The molecule has 0 N–H and O–H groups in total. The van der Waals surface area contributed by atoms with E-state index in [0.29, 0.717) is 6.04 Å². The van der Waals surface area contributed by atoms with Crippen molar-refractivity contribution in [3.05, 3.63) is 46.6 Å². The third-order valence-corrected chi connectivity index (χ3v) is 4.73. The molecular formula is C19H27N3O. The molecule has 2 aromatic rings. The Hall–Kier alpha value is -1.68. The lowest BCUT2D eigenvalue weighted by molar-refractivity contribution is 0.237. The molecular weight excluding hydrogens is 286 g/mol. The standard InChI is InChI=1S/C19H27N3O/c1-13-8-9-15(11-14(13)2)16-7-6-10-22(16)12-17-20-18(23-21-17)19(3,4)5/h8-9,11,16H,6-7,10,12H2,1-5H3/t16-/m0/s1. The van der Waals surface area contributed by atoms with Crippen molar-refractivity contribution in [2.45, 2.75) is 65.5 Å². The van der Waals surface area contributed by atoms with Crippen molar-refractivity contribution in [2.24, 2.45) is 0 Å². The molecule has 1 atom stereocenters. The van der Waals surface area contributed by atoms with Crippen molar-refractivity contribution in [2.75, 3.05) is 6.54 Å². The lowest BCUT2D eigenvalue weighted by Crippen LogP contribution is -2.23. The van der Waals surface area contributed by atoms with Gasteiger partial charge in [-0.3, -0.25) is 4.90 Å². The summed E-state index contributed by atoms with van der Waals surface area (Å²) in [5.41, 5.74) is 4.03. The summed E-state index contributed by atoms with van der Waals surface area (Å²) in [5.74, 6) is 1.51. The molecule has 124 valence electrons. The van der Waals surface area contributed by atoms with Gasteiger partial charge in [0.25, 0.3) is 0 Å². The number of aromatic nitrogens is 2. The zero-order valence-electron chi connectivity index (χ0n) is 14.9. The number of benzene rings is 1. The summed E-state index contributed by atoms with van der Waals surface area (Å²) in [5, 5.41) is 4.18. The van der Waals surface area contributed by atoms with E-state index in [9.17, 15) is 0 Å². The van der Waals surface area contributed by atoms with Crippen LogP contribution in [0.15, 0.2) is 22.7 Å². The molecule has 3 rings (SSSR count). The molecule has 0 spiro atoms. The van der Waals surface area contributed by atoms with Crippen LogP contribution in [0.1, 0.15) is 68.1 Å². The summed E-state index contributed by atoms with van der Waals surface area (Å²) in [4.78, 5) is 7.06. The second kappa shape index (κ2) is 6.08. The van der Waals surface area contributed by atoms with Crippen LogP contribution in [0.3, 0.4) is 0 Å². The van der Waals surface area contributed by atoms with Crippen molar-refractivity contribution < 1.29 is 4.52 Å². The lowest BCUT2D eigenvalue weighted by atomic mass is 9.97. The van der Waals surface area contributed by atoms with Crippen LogP contribution < -0.4 is 0 Å². The normalized spacial score (nSPS) is 19.4. The van der Waals surface area contributed by atoms with Crippen LogP contribution in [0.25, 0.3) is 0 Å². The molecule has 0 aliphatic carbocycles. The molecule has 2 heterocycles. The van der Waals surface area contributed by atoms with E-state index in [-0.39, 0.29) is 5.41 Å². The Labute approximate surface area is 138 Å². The topological polar surface area (TPSA) is 42.2 Å². The van der Waals surface area contributed by atoms with Gasteiger partial charge in [-0.2, -0.15) is 4.98 Å². The van der Waals surface area contributed by atoms with Crippen molar-refractivity contribution in [3.8, 4) is 0 Å². The van der Waals surface area contributed by atoms with E-state index in [0.717, 1.165) is 24.8 Å². The van der Waals surface area contributed by atoms with Crippen LogP contribution in [0.2, 0.25) is 0 Å². The number of nitrogens with zero attached hydrogens (tertiary/aromatic N) is 3. The Balaban J connectivity index is 1.76. The molecule has 1 fully saturated rings. The zero-order chi connectivity index (χ0) is 16.6. The summed E-state index contributed by atoms with van der Waals surface area (Å²) >= 11 is 0. The lowest BCUT2D eigenvalue weighted by Gasteiger charge is -2.24. The van der Waals surface area contributed by atoms with Gasteiger partial charge in [-0.05, 0) is 49.9 Å². The van der Waals surface area contributed by atoms with E-state index in [1.165, 1.54) is 29.5 Å². The summed E-state index contributed by atoms with van der Waals surface area (Å²) in [6, 6.07) is 7.29. The van der Waals surface area contributed by atoms with E-state index >= 15 is 0 Å². The fourth-order valence-electron chi connectivity index (χ4n) is 3.17. The third kappa shape index (κ3) is 3.47. The van der Waals surface area contributed by atoms with Gasteiger partial charge < -0.3 is 4.52 Å². The van der Waals surface area contributed by atoms with E-state index in [4.69, 9.17) is 4.52 Å². The fourth-order valence-corrected chi connectivity index (χ4v) is 3.17. The highest BCUT2D eigenvalue weighted by Crippen LogP contribution is 2.33. The van der Waals surface area contributed by atoms with Crippen LogP contribution in [-0.4, -0.2) is 21.6 Å². The Morgan fingerprint density at radius 1 is 1.22 bits per heavy atom. The molecule has 1 aromatic heterocycles. The van der Waals surface area contributed by atoms with Gasteiger partial charge in [0.15, 0.2) is 5.82 Å². The van der Waals surface area contributed by atoms with Crippen LogP contribution >= 0.6 is 0 Å². The van der Waals surface area contributed by atoms with Gasteiger partial charge in [0.1, 0.15) is 0 Å². The van der Waals surface area contributed by atoms with E-state index < -0.39 is 0 Å². The minimum absolute atomic E-state index is 0.0935. The monoisotopic (exact) mass is 313 g/mol. The van der Waals surface area contributed by atoms with Crippen LogP contribution in [0, 0.1) is 13.8 Å². The molecule has 1 aliphatic rings. The summed E-state index contributed by atoms with van der Waals surface area (Å²) < 4.78 is 5.43. The SMILES string of the molecule is Cc1ccc([C@@H]2CCCN2Cc2noc(C(C)(C)C)n2)cc1C. The molecule has 23 heavy (non-hydrogen) atoms. The molecule has 0 amide bonds. The van der Waals surface area contributed by atoms with Crippen molar-refractivity contribution >= 4 is 0 Å². The molecule has 0 bridgehead atoms. The number of rotatable bonds is 3. The van der Waals surface area contributed by atoms with Crippen molar-refractivity contribution in [1.29, 1.82) is 0 Å². The van der Waals surface area contributed by atoms with Crippen LogP contribution in [-0.2, 0) is 12.0 Å². The average molecular weight is 313 g/mol. The van der Waals surface area contributed by atoms with Gasteiger partial charge >= 0.3 is 0 Å². The predicted octanol–water partition coefficient (Wildman–Crippen LogP) is 4.32. The maximum atomic E-state index is 5.43. The minimum Gasteiger partial charge on any atom is -0.339 e. The molecule has 0 radical (unpaired) electrons. The molecule has 1 saturated heterocycles. The highest BCUT2D eigenvalue weighted by molar-refractivity contribution is 5.32. The number of hydrogen-bond acceptors (Lipinski definition) is 4. The first-order valence-corrected chi connectivity index (χ1v) is 8.49. The van der Waals surface area contributed by atoms with E-state index in [1.54, 1.807) is 0 Å². The Morgan fingerprint density at radius 3 is 2.65 bits per heavy atom. The Morgan fingerprint density at radius 2 is 2.00 bits per heavy atom. The Bertz CT molecular complexity index is 684. The Kier molecular flexibility index (Phi) is 4.28. The van der Waals surface area contributed by atoms with Gasteiger partial charge in [0.2, 0.25) is 5.89 Å². The first-order valence-electron chi connectivity index (χ1n) is 8.49. The van der Waals surface area contributed by atoms with E-state index in [1.807, 2.05) is 0 Å². The summed E-state index contributed by atoms with van der Waals surface area (Å²) in [6.07, 6.45) is 2.42. The summed E-state index contributed by atoms with van der Waals surface area (Å²) in [7, 11) is 0. The molecule has 0 saturated carbocycles. The molecule has 4 nitrogen and oxygen atoms in total. The maximum absolute atomic E-state index is 5.43. The number of aryl methyl sites for hydroxylation is 2. The first-order chi connectivity index (χ1) is 10.8. The largest absolute Gasteiger partial charge is 0.339 e. The fraction of sp³-hybridized carbons (Fsp3) is 0.579. The van der Waals surface area contributed by atoms with Gasteiger partial charge in [0.05, 0.1) is 6.54 Å². The molecule has 1 aliphatic heterocycles. The number of likely N-dealkylation sites (tertiary alicyclic amines) is 1. The van der Waals surface area contributed by atoms with Gasteiger partial charge in [-0.15, -0.1) is 0 Å². The highest BCUT2D eigenvalue weighted by Gasteiger charge is 2.28. The average Bonchev–Trinajstić information content (AvgIpc) is 3.11.